The first-order valence-electron chi connectivity index (χ1n) is 8.82. The van der Waals surface area contributed by atoms with Crippen LogP contribution in [0.5, 0.6) is 0 Å². The van der Waals surface area contributed by atoms with Crippen LogP contribution in [0.25, 0.3) is 10.2 Å². The number of amides is 1. The summed E-state index contributed by atoms with van der Waals surface area (Å²) in [6, 6.07) is 7.85. The van der Waals surface area contributed by atoms with Crippen molar-refractivity contribution in [3.05, 3.63) is 56.4 Å². The van der Waals surface area contributed by atoms with Gasteiger partial charge in [-0.05, 0) is 37.0 Å². The third kappa shape index (κ3) is 4.42. The Morgan fingerprint density at radius 1 is 1.30 bits per heavy atom. The summed E-state index contributed by atoms with van der Waals surface area (Å²) in [6.07, 6.45) is 0. The summed E-state index contributed by atoms with van der Waals surface area (Å²) >= 11 is 2.97. The van der Waals surface area contributed by atoms with E-state index in [4.69, 9.17) is 0 Å². The molecule has 0 fully saturated rings. The Morgan fingerprint density at radius 3 is 2.78 bits per heavy atom. The van der Waals surface area contributed by atoms with Crippen molar-refractivity contribution in [3.63, 3.8) is 0 Å². The second kappa shape index (κ2) is 8.27. The number of thioether (sulfide) groups is 1. The van der Waals surface area contributed by atoms with Crippen molar-refractivity contribution >= 4 is 44.9 Å². The third-order valence-corrected chi connectivity index (χ3v) is 6.46. The number of para-hydroxylation sites is 1. The third-order valence-electron chi connectivity index (χ3n) is 4.42. The number of thiophene rings is 1. The lowest BCUT2D eigenvalue weighted by atomic mass is 10.0. The van der Waals surface area contributed by atoms with Crippen LogP contribution < -0.4 is 10.9 Å². The number of hydrogen-bond donors (Lipinski definition) is 2. The van der Waals surface area contributed by atoms with E-state index in [-0.39, 0.29) is 11.5 Å². The van der Waals surface area contributed by atoms with Gasteiger partial charge in [0.1, 0.15) is 10.7 Å². The minimum Gasteiger partial charge on any atom is -0.325 e. The average Bonchev–Trinajstić information content (AvgIpc) is 2.89. The normalized spacial score (nSPS) is 11.3. The van der Waals surface area contributed by atoms with E-state index in [0.717, 1.165) is 26.5 Å². The van der Waals surface area contributed by atoms with Crippen LogP contribution in [0.3, 0.4) is 0 Å². The predicted molar refractivity (Wildman–Crippen MR) is 115 cm³/mol. The molecule has 1 aromatic carbocycles. The SMILES string of the molecule is Cc1sc2nc(CSCC(=O)Nc3ccccc3C(C)C)[nH]c(=O)c2c1C. The van der Waals surface area contributed by atoms with Gasteiger partial charge in [-0.1, -0.05) is 32.0 Å². The van der Waals surface area contributed by atoms with Crippen LogP contribution in [0.2, 0.25) is 0 Å². The molecule has 0 saturated heterocycles. The highest BCUT2D eigenvalue weighted by molar-refractivity contribution is 7.99. The summed E-state index contributed by atoms with van der Waals surface area (Å²) in [4.78, 5) is 33.8. The van der Waals surface area contributed by atoms with Gasteiger partial charge in [0, 0.05) is 10.6 Å². The molecule has 1 amide bonds. The molecule has 0 aliphatic heterocycles. The Morgan fingerprint density at radius 2 is 2.04 bits per heavy atom. The zero-order chi connectivity index (χ0) is 19.6. The van der Waals surface area contributed by atoms with Gasteiger partial charge in [-0.3, -0.25) is 9.59 Å². The van der Waals surface area contributed by atoms with Crippen LogP contribution in [0.4, 0.5) is 5.69 Å². The Balaban J connectivity index is 1.62. The number of nitrogens with one attached hydrogen (secondary N) is 2. The van der Waals surface area contributed by atoms with Crippen molar-refractivity contribution in [2.45, 2.75) is 39.4 Å². The molecule has 0 unspecified atom stereocenters. The number of carbonyl (C=O) groups is 1. The molecule has 3 aromatic rings. The zero-order valence-corrected chi connectivity index (χ0v) is 17.5. The van der Waals surface area contributed by atoms with Gasteiger partial charge in [0.15, 0.2) is 0 Å². The molecular formula is C20H23N3O2S2. The number of anilines is 1. The summed E-state index contributed by atoms with van der Waals surface area (Å²) < 4.78 is 0. The minimum atomic E-state index is -0.104. The largest absolute Gasteiger partial charge is 0.325 e. The van der Waals surface area contributed by atoms with Crippen molar-refractivity contribution in [2.75, 3.05) is 11.1 Å². The van der Waals surface area contributed by atoms with Crippen LogP contribution in [0, 0.1) is 13.8 Å². The number of carbonyl (C=O) groups excluding carboxylic acids is 1. The maximum Gasteiger partial charge on any atom is 0.259 e. The number of H-pyrrole nitrogens is 1. The molecule has 0 aliphatic rings. The number of aromatic nitrogens is 2. The van der Waals surface area contributed by atoms with Gasteiger partial charge in [-0.2, -0.15) is 0 Å². The Bertz CT molecular complexity index is 1040. The number of nitrogens with zero attached hydrogens (tertiary/aromatic N) is 1. The summed E-state index contributed by atoms with van der Waals surface area (Å²) in [5.41, 5.74) is 2.87. The topological polar surface area (TPSA) is 74.8 Å². The quantitative estimate of drug-likeness (QED) is 0.633. The van der Waals surface area contributed by atoms with E-state index in [2.05, 4.69) is 29.1 Å². The number of hydrogen-bond acceptors (Lipinski definition) is 5. The predicted octanol–water partition coefficient (Wildman–Crippen LogP) is 4.60. The number of aryl methyl sites for hydroxylation is 2. The molecule has 2 aromatic heterocycles. The molecule has 0 radical (unpaired) electrons. The van der Waals surface area contributed by atoms with Crippen LogP contribution >= 0.6 is 23.1 Å². The fourth-order valence-electron chi connectivity index (χ4n) is 2.91. The zero-order valence-electron chi connectivity index (χ0n) is 15.9. The smallest absolute Gasteiger partial charge is 0.259 e. The molecule has 0 saturated carbocycles. The average molecular weight is 402 g/mol. The molecule has 3 rings (SSSR count). The fraction of sp³-hybridized carbons (Fsp3) is 0.350. The molecule has 0 spiro atoms. The van der Waals surface area contributed by atoms with E-state index in [1.807, 2.05) is 38.1 Å². The number of rotatable bonds is 6. The molecule has 0 bridgehead atoms. The fourth-order valence-corrected chi connectivity index (χ4v) is 4.65. The van der Waals surface area contributed by atoms with Crippen molar-refractivity contribution in [3.8, 4) is 0 Å². The Labute approximate surface area is 166 Å². The Hall–Kier alpha value is -2.12. The second-order valence-electron chi connectivity index (χ2n) is 6.76. The summed E-state index contributed by atoms with van der Waals surface area (Å²) in [7, 11) is 0. The maximum absolute atomic E-state index is 12.3. The minimum absolute atomic E-state index is 0.0562. The van der Waals surface area contributed by atoms with Gasteiger partial charge in [0.25, 0.3) is 5.56 Å². The van der Waals surface area contributed by atoms with Crippen LogP contribution in [-0.4, -0.2) is 21.6 Å². The number of fused-ring (bicyclic) bond motifs is 1. The van der Waals surface area contributed by atoms with Gasteiger partial charge >= 0.3 is 0 Å². The molecule has 7 heteroatoms. The van der Waals surface area contributed by atoms with Crippen molar-refractivity contribution in [2.24, 2.45) is 0 Å². The van der Waals surface area contributed by atoms with E-state index in [1.54, 1.807) is 0 Å². The van der Waals surface area contributed by atoms with Gasteiger partial charge in [-0.25, -0.2) is 4.98 Å². The molecule has 2 heterocycles. The summed E-state index contributed by atoms with van der Waals surface area (Å²) in [5, 5.41) is 3.66. The van der Waals surface area contributed by atoms with Crippen molar-refractivity contribution in [1.29, 1.82) is 0 Å². The van der Waals surface area contributed by atoms with E-state index >= 15 is 0 Å². The first-order chi connectivity index (χ1) is 12.9. The molecule has 27 heavy (non-hydrogen) atoms. The number of aromatic amines is 1. The van der Waals surface area contributed by atoms with E-state index in [1.165, 1.54) is 23.1 Å². The van der Waals surface area contributed by atoms with Crippen molar-refractivity contribution in [1.82, 2.24) is 9.97 Å². The van der Waals surface area contributed by atoms with Crippen LogP contribution in [0.1, 0.15) is 41.6 Å². The molecule has 2 N–H and O–H groups in total. The number of benzene rings is 1. The maximum atomic E-state index is 12.3. The lowest BCUT2D eigenvalue weighted by Crippen LogP contribution is -2.16. The highest BCUT2D eigenvalue weighted by Gasteiger charge is 2.13. The first-order valence-corrected chi connectivity index (χ1v) is 10.8. The Kier molecular flexibility index (Phi) is 6.01. The van der Waals surface area contributed by atoms with Crippen LogP contribution in [0.15, 0.2) is 29.1 Å². The molecular weight excluding hydrogens is 378 g/mol. The van der Waals surface area contributed by atoms with Crippen molar-refractivity contribution < 1.29 is 4.79 Å². The van der Waals surface area contributed by atoms with E-state index in [0.29, 0.717) is 28.6 Å². The molecule has 142 valence electrons. The van der Waals surface area contributed by atoms with Gasteiger partial charge in [0.05, 0.1) is 16.9 Å². The first kappa shape index (κ1) is 19.6. The molecule has 0 atom stereocenters. The lowest BCUT2D eigenvalue weighted by Gasteiger charge is -2.13. The highest BCUT2D eigenvalue weighted by atomic mass is 32.2. The van der Waals surface area contributed by atoms with Gasteiger partial charge in [0.2, 0.25) is 5.91 Å². The summed E-state index contributed by atoms with van der Waals surface area (Å²) in [6.45, 7) is 8.14. The molecule has 0 aliphatic carbocycles. The van der Waals surface area contributed by atoms with Gasteiger partial charge < -0.3 is 10.3 Å². The summed E-state index contributed by atoms with van der Waals surface area (Å²) in [5.74, 6) is 1.68. The molecule has 5 nitrogen and oxygen atoms in total. The second-order valence-corrected chi connectivity index (χ2v) is 8.95. The standard InChI is InChI=1S/C20H23N3O2S2/c1-11(2)14-7-5-6-8-15(14)21-17(24)10-26-9-16-22-19(25)18-12(3)13(4)27-20(18)23-16/h5-8,11H,9-10H2,1-4H3,(H,21,24)(H,22,23,25). The highest BCUT2D eigenvalue weighted by Crippen LogP contribution is 2.26. The van der Waals surface area contributed by atoms with E-state index in [9.17, 15) is 9.59 Å². The van der Waals surface area contributed by atoms with E-state index < -0.39 is 0 Å². The van der Waals surface area contributed by atoms with Gasteiger partial charge in [-0.15, -0.1) is 23.1 Å². The monoisotopic (exact) mass is 401 g/mol. The van der Waals surface area contributed by atoms with Crippen LogP contribution in [-0.2, 0) is 10.5 Å². The lowest BCUT2D eigenvalue weighted by molar-refractivity contribution is -0.113.